The largest absolute Gasteiger partial charge is 0.478 e. The molecule has 0 saturated heterocycles. The van der Waals surface area contributed by atoms with E-state index in [9.17, 15) is 14.7 Å². The van der Waals surface area contributed by atoms with Gasteiger partial charge >= 0.3 is 5.97 Å². The number of aromatic amines is 1. The van der Waals surface area contributed by atoms with E-state index in [-0.39, 0.29) is 18.1 Å². The van der Waals surface area contributed by atoms with Crippen LogP contribution in [0.15, 0.2) is 48.7 Å². The van der Waals surface area contributed by atoms with Crippen LogP contribution in [0, 0.1) is 0 Å². The summed E-state index contributed by atoms with van der Waals surface area (Å²) in [5.41, 5.74) is 1.87. The number of aromatic nitrogens is 6. The Morgan fingerprint density at radius 1 is 1.11 bits per heavy atom. The molecule has 4 aromatic rings. The van der Waals surface area contributed by atoms with Crippen LogP contribution in [0.4, 0.5) is 5.95 Å². The van der Waals surface area contributed by atoms with Crippen molar-refractivity contribution in [3.05, 3.63) is 86.9 Å². The first-order valence-electron chi connectivity index (χ1n) is 11.2. The number of carbonyl (C=O) groups is 2. The first-order valence-corrected chi connectivity index (χ1v) is 12.0. The molecule has 12 heteroatoms. The maximum atomic E-state index is 13.9. The van der Waals surface area contributed by atoms with Crippen molar-refractivity contribution >= 4 is 41.0 Å². The fourth-order valence-electron chi connectivity index (χ4n) is 3.71. The van der Waals surface area contributed by atoms with Gasteiger partial charge in [-0.15, -0.1) is 5.10 Å². The molecule has 0 aliphatic carbocycles. The Morgan fingerprint density at radius 2 is 1.83 bits per heavy atom. The Balaban J connectivity index is 1.72. The summed E-state index contributed by atoms with van der Waals surface area (Å²) in [7, 11) is 0. The molecule has 2 aromatic carbocycles. The summed E-state index contributed by atoms with van der Waals surface area (Å²) in [5, 5.41) is 24.0. The number of nitrogens with one attached hydrogen (secondary N) is 1. The Hall–Kier alpha value is -3.76. The number of carboxylic acid groups (broad SMARTS) is 1. The molecule has 10 nitrogen and oxygen atoms in total. The molecule has 0 unspecified atom stereocenters. The minimum absolute atomic E-state index is 0.0135. The van der Waals surface area contributed by atoms with Gasteiger partial charge in [-0.1, -0.05) is 59.8 Å². The zero-order valence-electron chi connectivity index (χ0n) is 19.4. The van der Waals surface area contributed by atoms with Gasteiger partial charge in [-0.2, -0.15) is 5.21 Å². The van der Waals surface area contributed by atoms with Crippen LogP contribution in [0.25, 0.3) is 0 Å². The Labute approximate surface area is 216 Å². The molecule has 4 rings (SSSR count). The van der Waals surface area contributed by atoms with Crippen molar-refractivity contribution in [1.29, 1.82) is 0 Å². The average Bonchev–Trinajstić information content (AvgIpc) is 3.53. The van der Waals surface area contributed by atoms with Crippen LogP contribution in [0.5, 0.6) is 0 Å². The van der Waals surface area contributed by atoms with Gasteiger partial charge in [0.2, 0.25) is 0 Å². The highest BCUT2D eigenvalue weighted by Gasteiger charge is 2.27. The zero-order chi connectivity index (χ0) is 25.7. The number of unbranched alkanes of at least 4 members (excludes halogenated alkanes) is 1. The average molecular weight is 528 g/mol. The Morgan fingerprint density at radius 3 is 2.44 bits per heavy atom. The minimum atomic E-state index is -1.00. The molecule has 36 heavy (non-hydrogen) atoms. The van der Waals surface area contributed by atoms with Gasteiger partial charge in [-0.25, -0.2) is 9.78 Å². The van der Waals surface area contributed by atoms with E-state index in [1.165, 1.54) is 23.2 Å². The van der Waals surface area contributed by atoms with E-state index in [0.29, 0.717) is 34.3 Å². The molecular weight excluding hydrogens is 505 g/mol. The molecule has 0 aliphatic heterocycles. The highest BCUT2D eigenvalue weighted by molar-refractivity contribution is 6.36. The van der Waals surface area contributed by atoms with Gasteiger partial charge in [-0.3, -0.25) is 9.69 Å². The zero-order valence-corrected chi connectivity index (χ0v) is 20.9. The number of hydrogen-bond donors (Lipinski definition) is 2. The van der Waals surface area contributed by atoms with Crippen molar-refractivity contribution in [3.63, 3.8) is 0 Å². The number of rotatable bonds is 10. The summed E-state index contributed by atoms with van der Waals surface area (Å²) < 4.78 is 1.83. The third kappa shape index (κ3) is 5.55. The fraction of sp³-hybridized carbons (Fsp3) is 0.250. The maximum Gasteiger partial charge on any atom is 0.335 e. The summed E-state index contributed by atoms with van der Waals surface area (Å²) in [6, 6.07) is 11.6. The van der Waals surface area contributed by atoms with E-state index in [2.05, 4.69) is 32.5 Å². The van der Waals surface area contributed by atoms with Crippen LogP contribution in [0.1, 0.15) is 57.6 Å². The molecule has 0 radical (unpaired) electrons. The Bertz CT molecular complexity index is 1330. The number of carbonyl (C=O) groups excluding carboxylic acids is 1. The summed E-state index contributed by atoms with van der Waals surface area (Å²) in [6.07, 6.45) is 4.06. The highest BCUT2D eigenvalue weighted by atomic mass is 35.5. The molecule has 0 saturated carbocycles. The van der Waals surface area contributed by atoms with E-state index in [0.717, 1.165) is 24.2 Å². The first kappa shape index (κ1) is 25.3. The number of aryl methyl sites for hydroxylation is 1. The van der Waals surface area contributed by atoms with Crippen molar-refractivity contribution in [1.82, 2.24) is 30.2 Å². The number of anilines is 1. The highest BCUT2D eigenvalue weighted by Crippen LogP contribution is 2.28. The van der Waals surface area contributed by atoms with E-state index in [1.54, 1.807) is 30.3 Å². The van der Waals surface area contributed by atoms with Crippen molar-refractivity contribution < 1.29 is 14.7 Å². The van der Waals surface area contributed by atoms with Gasteiger partial charge < -0.3 is 9.67 Å². The number of amides is 1. The minimum Gasteiger partial charge on any atom is -0.478 e. The molecule has 2 heterocycles. The molecule has 0 aliphatic rings. The lowest BCUT2D eigenvalue weighted by molar-refractivity contribution is 0.0696. The first-order chi connectivity index (χ1) is 17.4. The van der Waals surface area contributed by atoms with Gasteiger partial charge in [0.25, 0.3) is 11.9 Å². The van der Waals surface area contributed by atoms with Crippen molar-refractivity contribution in [2.75, 3.05) is 4.90 Å². The quantitative estimate of drug-likeness (QED) is 0.307. The summed E-state index contributed by atoms with van der Waals surface area (Å²) in [4.78, 5) is 31.0. The monoisotopic (exact) mass is 527 g/mol. The number of H-pyrrole nitrogens is 1. The second kappa shape index (κ2) is 11.3. The smallest absolute Gasteiger partial charge is 0.335 e. The number of carboxylic acids is 1. The van der Waals surface area contributed by atoms with Crippen molar-refractivity contribution in [2.24, 2.45) is 0 Å². The molecular formula is C24H23Cl2N7O3. The number of aromatic carboxylic acids is 1. The van der Waals surface area contributed by atoms with Crippen molar-refractivity contribution in [2.45, 2.75) is 39.3 Å². The number of nitrogens with zero attached hydrogens (tertiary/aromatic N) is 6. The fourth-order valence-corrected chi connectivity index (χ4v) is 4.23. The molecule has 0 atom stereocenters. The van der Waals surface area contributed by atoms with Crippen LogP contribution < -0.4 is 4.90 Å². The third-order valence-corrected chi connectivity index (χ3v) is 6.36. The summed E-state index contributed by atoms with van der Waals surface area (Å²) in [6.45, 7) is 2.42. The maximum absolute atomic E-state index is 13.9. The van der Waals surface area contributed by atoms with Crippen LogP contribution in [0.3, 0.4) is 0 Å². The van der Waals surface area contributed by atoms with E-state index in [1.807, 2.05) is 4.57 Å². The molecule has 2 N–H and O–H groups in total. The SMILES string of the molecule is CCCCc1ncc(C(=O)N(Cc2c(Cl)cccc2Cl)c2nn[nH]n2)n1Cc1ccc(C(=O)O)cc1. The molecule has 0 bridgehead atoms. The van der Waals surface area contributed by atoms with Crippen LogP contribution in [0.2, 0.25) is 10.0 Å². The number of benzene rings is 2. The lowest BCUT2D eigenvalue weighted by atomic mass is 10.1. The molecule has 0 spiro atoms. The second-order valence-corrected chi connectivity index (χ2v) is 8.87. The van der Waals surface area contributed by atoms with E-state index < -0.39 is 11.9 Å². The lowest BCUT2D eigenvalue weighted by Gasteiger charge is -2.21. The van der Waals surface area contributed by atoms with Crippen LogP contribution >= 0.6 is 23.2 Å². The Kier molecular flexibility index (Phi) is 7.97. The number of imidazole rings is 1. The topological polar surface area (TPSA) is 130 Å². The molecule has 186 valence electrons. The van der Waals surface area contributed by atoms with Gasteiger partial charge in [0.05, 0.1) is 18.3 Å². The number of hydrogen-bond acceptors (Lipinski definition) is 6. The van der Waals surface area contributed by atoms with Gasteiger partial charge in [0.1, 0.15) is 11.5 Å². The van der Waals surface area contributed by atoms with Gasteiger partial charge in [0.15, 0.2) is 0 Å². The lowest BCUT2D eigenvalue weighted by Crippen LogP contribution is -2.33. The molecule has 0 fully saturated rings. The van der Waals surface area contributed by atoms with Gasteiger partial charge in [-0.05, 0) is 41.5 Å². The number of halogens is 2. The number of tetrazole rings is 1. The second-order valence-electron chi connectivity index (χ2n) is 8.05. The normalized spacial score (nSPS) is 11.0. The molecule has 1 amide bonds. The predicted octanol–water partition coefficient (Wildman–Crippen LogP) is 4.64. The van der Waals surface area contributed by atoms with E-state index >= 15 is 0 Å². The van der Waals surface area contributed by atoms with Crippen LogP contribution in [-0.2, 0) is 19.5 Å². The predicted molar refractivity (Wildman–Crippen MR) is 134 cm³/mol. The standard InChI is InChI=1S/C24H23Cl2N7O3/c1-2-3-7-21-27-12-20(32(21)13-15-8-10-16(11-9-15)23(35)36)22(34)33(24-28-30-31-29-24)14-17-18(25)5-4-6-19(17)26/h4-6,8-12H,2-3,7,13-14H2,1H3,(H,35,36)(H,28,29,30,31). The summed E-state index contributed by atoms with van der Waals surface area (Å²) >= 11 is 12.7. The molecule has 2 aromatic heterocycles. The van der Waals surface area contributed by atoms with Gasteiger partial charge in [0, 0.05) is 28.6 Å². The van der Waals surface area contributed by atoms with E-state index in [4.69, 9.17) is 23.2 Å². The summed E-state index contributed by atoms with van der Waals surface area (Å²) in [5.74, 6) is -0.613. The van der Waals surface area contributed by atoms with Crippen LogP contribution in [-0.4, -0.2) is 47.2 Å². The third-order valence-electron chi connectivity index (χ3n) is 5.65. The van der Waals surface area contributed by atoms with Crippen molar-refractivity contribution in [3.8, 4) is 0 Å².